The highest BCUT2D eigenvalue weighted by Crippen LogP contribution is 2.34. The molecule has 0 aromatic carbocycles. The number of pyridine rings is 1. The van der Waals surface area contributed by atoms with Gasteiger partial charge in [-0.05, 0) is 37.8 Å². The zero-order valence-corrected chi connectivity index (χ0v) is 17.4. The van der Waals surface area contributed by atoms with Crippen LogP contribution in [0.4, 0.5) is 11.6 Å². The lowest BCUT2D eigenvalue weighted by Gasteiger charge is -2.38. The molecule has 2 aliphatic rings. The molecule has 3 heterocycles. The third kappa shape index (κ3) is 3.96. The van der Waals surface area contributed by atoms with E-state index < -0.39 is 12.4 Å². The normalized spacial score (nSPS) is 25.0. The molecule has 0 radical (unpaired) electrons. The van der Waals surface area contributed by atoms with Gasteiger partial charge in [-0.25, -0.2) is 9.97 Å². The zero-order chi connectivity index (χ0) is 22.4. The Balaban J connectivity index is 1.70. The SMILES string of the molecule is [2H]C1([2H])Nc2ncc(-c3ccc(C(C)(C)C)nc3)nc2N([C@H]2CC[C@H](OC)CC2)C1=O. The van der Waals surface area contributed by atoms with Gasteiger partial charge in [-0.15, -0.1) is 0 Å². The number of carbonyl (C=O) groups is 1. The molecule has 2 aromatic heterocycles. The van der Waals surface area contributed by atoms with Gasteiger partial charge in [0, 0.05) is 36.0 Å². The van der Waals surface area contributed by atoms with Gasteiger partial charge in [0.15, 0.2) is 11.6 Å². The lowest BCUT2D eigenvalue weighted by Crippen LogP contribution is -2.49. The van der Waals surface area contributed by atoms with Crippen LogP contribution in [0.5, 0.6) is 0 Å². The van der Waals surface area contributed by atoms with E-state index in [9.17, 15) is 4.79 Å². The van der Waals surface area contributed by atoms with Gasteiger partial charge in [-0.3, -0.25) is 14.7 Å². The molecule has 2 aromatic rings. The van der Waals surface area contributed by atoms with E-state index in [0.717, 1.165) is 36.9 Å². The minimum absolute atomic E-state index is 0.0557. The van der Waals surface area contributed by atoms with Crippen molar-refractivity contribution in [2.75, 3.05) is 23.8 Å². The molecule has 0 atom stereocenters. The zero-order valence-electron chi connectivity index (χ0n) is 19.4. The summed E-state index contributed by atoms with van der Waals surface area (Å²) in [5.74, 6) is 0.0217. The first kappa shape index (κ1) is 17.3. The minimum Gasteiger partial charge on any atom is -0.381 e. The summed E-state index contributed by atoms with van der Waals surface area (Å²) in [7, 11) is 1.70. The topological polar surface area (TPSA) is 80.2 Å². The third-order valence-corrected chi connectivity index (χ3v) is 5.66. The molecule has 0 spiro atoms. The maximum Gasteiger partial charge on any atom is 0.247 e. The Bertz CT molecular complexity index is 967. The summed E-state index contributed by atoms with van der Waals surface area (Å²) < 4.78 is 21.7. The number of aromatic nitrogens is 3. The molecule has 0 unspecified atom stereocenters. The van der Waals surface area contributed by atoms with Crippen LogP contribution >= 0.6 is 0 Å². The summed E-state index contributed by atoms with van der Waals surface area (Å²) in [6.45, 7) is 4.09. The summed E-state index contributed by atoms with van der Waals surface area (Å²) in [6, 6.07) is 3.79. The predicted octanol–water partition coefficient (Wildman–Crippen LogP) is 3.55. The van der Waals surface area contributed by atoms with Gasteiger partial charge in [0.05, 0.1) is 27.2 Å². The van der Waals surface area contributed by atoms with Gasteiger partial charge >= 0.3 is 0 Å². The lowest BCUT2D eigenvalue weighted by molar-refractivity contribution is -0.118. The number of amides is 1. The molecule has 1 fully saturated rings. The second kappa shape index (κ2) is 7.71. The number of ether oxygens (including phenoxy) is 1. The second-order valence-corrected chi connectivity index (χ2v) is 8.70. The van der Waals surface area contributed by atoms with Gasteiger partial charge in [0.25, 0.3) is 0 Å². The fourth-order valence-electron chi connectivity index (χ4n) is 3.91. The molecule has 154 valence electrons. The van der Waals surface area contributed by atoms with Crippen LogP contribution in [0.3, 0.4) is 0 Å². The second-order valence-electron chi connectivity index (χ2n) is 8.70. The number of carbonyl (C=O) groups excluding carboxylic acids is 1. The van der Waals surface area contributed by atoms with Gasteiger partial charge in [0.2, 0.25) is 5.91 Å². The van der Waals surface area contributed by atoms with Crippen molar-refractivity contribution in [1.29, 1.82) is 0 Å². The number of nitrogens with zero attached hydrogens (tertiary/aromatic N) is 4. The van der Waals surface area contributed by atoms with Crippen molar-refractivity contribution >= 4 is 17.5 Å². The highest BCUT2D eigenvalue weighted by molar-refractivity contribution is 6.01. The van der Waals surface area contributed by atoms with Crippen molar-refractivity contribution in [3.63, 3.8) is 0 Å². The van der Waals surface area contributed by atoms with Gasteiger partial charge in [-0.2, -0.15) is 0 Å². The van der Waals surface area contributed by atoms with Crippen molar-refractivity contribution in [3.05, 3.63) is 30.2 Å². The third-order valence-electron chi connectivity index (χ3n) is 5.66. The lowest BCUT2D eigenvalue weighted by atomic mass is 9.91. The largest absolute Gasteiger partial charge is 0.381 e. The summed E-state index contributed by atoms with van der Waals surface area (Å²) in [5.41, 5.74) is 2.32. The molecule has 1 saturated carbocycles. The molecule has 7 heteroatoms. The van der Waals surface area contributed by atoms with Crippen LogP contribution < -0.4 is 10.2 Å². The number of fused-ring (bicyclic) bond motifs is 1. The fourth-order valence-corrected chi connectivity index (χ4v) is 3.91. The molecule has 0 bridgehead atoms. The molecule has 29 heavy (non-hydrogen) atoms. The van der Waals surface area contributed by atoms with Crippen LogP contribution in [0.1, 0.15) is 54.9 Å². The van der Waals surface area contributed by atoms with E-state index >= 15 is 0 Å². The number of hydrogen-bond donors (Lipinski definition) is 1. The summed E-state index contributed by atoms with van der Waals surface area (Å²) in [4.78, 5) is 28.3. The molecule has 0 saturated heterocycles. The van der Waals surface area contributed by atoms with Crippen LogP contribution in [0, 0.1) is 0 Å². The maximum atomic E-state index is 13.0. The monoisotopic (exact) mass is 397 g/mol. The predicted molar refractivity (Wildman–Crippen MR) is 113 cm³/mol. The van der Waals surface area contributed by atoms with Gasteiger partial charge in [-0.1, -0.05) is 20.8 Å². The molecule has 7 nitrogen and oxygen atoms in total. The quantitative estimate of drug-likeness (QED) is 0.853. The Morgan fingerprint density at radius 1 is 1.17 bits per heavy atom. The van der Waals surface area contributed by atoms with Crippen LogP contribution in [0.2, 0.25) is 0 Å². The van der Waals surface area contributed by atoms with E-state index in [4.69, 9.17) is 12.5 Å². The average molecular weight is 398 g/mol. The standard InChI is InChI=1S/C22H29N5O2/c1-22(2,3)18-10-5-14(11-23-18)17-12-24-20-21(26-17)27(19(28)13-25-20)15-6-8-16(29-4)9-7-15/h5,10-12,15-16H,6-9,13H2,1-4H3,(H,24,25)/t15-,16-/i13D2. The van der Waals surface area contributed by atoms with Gasteiger partial charge in [0.1, 0.15) is 0 Å². The van der Waals surface area contributed by atoms with Crippen LogP contribution in [0.25, 0.3) is 11.3 Å². The Morgan fingerprint density at radius 2 is 1.93 bits per heavy atom. The van der Waals surface area contributed by atoms with E-state index in [2.05, 4.69) is 36.1 Å². The number of anilines is 2. The highest BCUT2D eigenvalue weighted by atomic mass is 16.5. The van der Waals surface area contributed by atoms with Gasteiger partial charge < -0.3 is 10.1 Å². The first-order valence-corrected chi connectivity index (χ1v) is 10.1. The molecule has 4 rings (SSSR count). The first-order chi connectivity index (χ1) is 14.6. The highest BCUT2D eigenvalue weighted by Gasteiger charge is 2.35. The molecule has 1 N–H and O–H groups in total. The molecule has 1 amide bonds. The van der Waals surface area contributed by atoms with Crippen LogP contribution in [-0.2, 0) is 14.9 Å². The molecular weight excluding hydrogens is 366 g/mol. The maximum absolute atomic E-state index is 13.0. The smallest absolute Gasteiger partial charge is 0.247 e. The summed E-state index contributed by atoms with van der Waals surface area (Å²) in [5, 5.41) is 2.61. The fraction of sp³-hybridized carbons (Fsp3) is 0.545. The van der Waals surface area contributed by atoms with Crippen LogP contribution in [-0.4, -0.2) is 46.6 Å². The van der Waals surface area contributed by atoms with Crippen molar-refractivity contribution < 1.29 is 12.3 Å². The van der Waals surface area contributed by atoms with Crippen molar-refractivity contribution in [2.24, 2.45) is 0 Å². The number of methoxy groups -OCH3 is 1. The Labute approximate surface area is 174 Å². The van der Waals surface area contributed by atoms with E-state index in [-0.39, 0.29) is 23.4 Å². The first-order valence-electron chi connectivity index (χ1n) is 11.1. The van der Waals surface area contributed by atoms with E-state index in [1.54, 1.807) is 19.5 Å². The number of hydrogen-bond acceptors (Lipinski definition) is 6. The number of nitrogens with one attached hydrogen (secondary N) is 1. The Kier molecular flexibility index (Phi) is 4.60. The van der Waals surface area contributed by atoms with Crippen molar-refractivity contribution in [3.8, 4) is 11.3 Å². The average Bonchev–Trinajstić information content (AvgIpc) is 2.74. The molecule has 1 aliphatic heterocycles. The van der Waals surface area contributed by atoms with E-state index in [0.29, 0.717) is 11.5 Å². The summed E-state index contributed by atoms with van der Waals surface area (Å²) in [6.07, 6.45) is 6.63. The summed E-state index contributed by atoms with van der Waals surface area (Å²) >= 11 is 0. The Morgan fingerprint density at radius 3 is 2.55 bits per heavy atom. The molecule has 1 aliphatic carbocycles. The van der Waals surface area contributed by atoms with Crippen molar-refractivity contribution in [1.82, 2.24) is 15.0 Å². The van der Waals surface area contributed by atoms with E-state index in [1.165, 1.54) is 4.90 Å². The van der Waals surface area contributed by atoms with Crippen molar-refractivity contribution in [2.45, 2.75) is 64.0 Å². The Hall–Kier alpha value is -2.54. The van der Waals surface area contributed by atoms with Crippen LogP contribution in [0.15, 0.2) is 24.5 Å². The number of rotatable bonds is 3. The van der Waals surface area contributed by atoms with E-state index in [1.807, 2.05) is 12.1 Å². The molecular formula is C22H29N5O2. The minimum atomic E-state index is -2.22.